The summed E-state index contributed by atoms with van der Waals surface area (Å²) in [6.45, 7) is 0. The summed E-state index contributed by atoms with van der Waals surface area (Å²) in [7, 11) is 0. The number of nitrogens with zero attached hydrogens (tertiary/aromatic N) is 1. The molecule has 0 unspecified atom stereocenters. The second-order valence-electron chi connectivity index (χ2n) is 2.95. The highest BCUT2D eigenvalue weighted by Crippen LogP contribution is 2.16. The van der Waals surface area contributed by atoms with Crippen LogP contribution in [0.5, 0.6) is 5.75 Å². The molecule has 0 saturated carbocycles. The number of carbonyl (C=O) groups is 1. The summed E-state index contributed by atoms with van der Waals surface area (Å²) in [6, 6.07) is 5.20. The van der Waals surface area contributed by atoms with Crippen molar-refractivity contribution >= 4 is 11.9 Å². The average molecular weight is 222 g/mol. The Balaban J connectivity index is 2.17. The van der Waals surface area contributed by atoms with Crippen LogP contribution in [0, 0.1) is 5.82 Å². The van der Waals surface area contributed by atoms with E-state index in [1.807, 2.05) is 0 Å². The van der Waals surface area contributed by atoms with Crippen molar-refractivity contribution in [1.29, 1.82) is 0 Å². The lowest BCUT2D eigenvalue weighted by Gasteiger charge is -2.01. The molecule has 82 valence electrons. The van der Waals surface area contributed by atoms with E-state index in [0.717, 1.165) is 12.3 Å². The van der Waals surface area contributed by atoms with Crippen LogP contribution in [0.3, 0.4) is 0 Å². The molecule has 6 heteroatoms. The summed E-state index contributed by atoms with van der Waals surface area (Å²) in [6.07, 6.45) is 1.14. The van der Waals surface area contributed by atoms with E-state index in [0.29, 0.717) is 0 Å². The fraction of sp³-hybridized carbons (Fsp3) is 0. The average Bonchev–Trinajstić information content (AvgIpc) is 2.64. The third-order valence-electron chi connectivity index (χ3n) is 1.82. The Labute approximate surface area is 89.6 Å². The Morgan fingerprint density at radius 3 is 2.94 bits per heavy atom. The van der Waals surface area contributed by atoms with Crippen LogP contribution in [0.25, 0.3) is 0 Å². The molecular weight excluding hydrogens is 215 g/mol. The Hall–Kier alpha value is -2.37. The lowest BCUT2D eigenvalue weighted by Crippen LogP contribution is -2.09. The van der Waals surface area contributed by atoms with Crippen molar-refractivity contribution in [3.05, 3.63) is 41.8 Å². The molecule has 5 nitrogen and oxygen atoms in total. The van der Waals surface area contributed by atoms with Crippen LogP contribution in [0.15, 0.2) is 35.0 Å². The van der Waals surface area contributed by atoms with E-state index in [-0.39, 0.29) is 17.2 Å². The first-order chi connectivity index (χ1) is 7.66. The first-order valence-electron chi connectivity index (χ1n) is 4.34. The summed E-state index contributed by atoms with van der Waals surface area (Å²) >= 11 is 0. The summed E-state index contributed by atoms with van der Waals surface area (Å²) in [5, 5.41) is 3.33. The van der Waals surface area contributed by atoms with Crippen molar-refractivity contribution in [1.82, 2.24) is 5.16 Å². The zero-order valence-corrected chi connectivity index (χ0v) is 8.01. The Morgan fingerprint density at radius 2 is 2.31 bits per heavy atom. The zero-order chi connectivity index (χ0) is 11.5. The quantitative estimate of drug-likeness (QED) is 0.617. The van der Waals surface area contributed by atoms with E-state index in [1.165, 1.54) is 18.2 Å². The molecule has 0 atom stereocenters. The van der Waals surface area contributed by atoms with Crippen molar-refractivity contribution in [3.8, 4) is 5.75 Å². The number of rotatable bonds is 2. The molecule has 0 aliphatic rings. The number of esters is 1. The van der Waals surface area contributed by atoms with Gasteiger partial charge in [-0.25, -0.2) is 9.18 Å². The van der Waals surface area contributed by atoms with Crippen LogP contribution in [0.2, 0.25) is 0 Å². The van der Waals surface area contributed by atoms with E-state index in [4.69, 9.17) is 10.5 Å². The predicted molar refractivity (Wildman–Crippen MR) is 52.3 cm³/mol. The van der Waals surface area contributed by atoms with E-state index < -0.39 is 11.8 Å². The van der Waals surface area contributed by atoms with Gasteiger partial charge in [-0.05, 0) is 12.1 Å². The molecule has 0 spiro atoms. The minimum atomic E-state index is -0.746. The van der Waals surface area contributed by atoms with Gasteiger partial charge in [0.05, 0.1) is 6.20 Å². The number of halogens is 1. The Bertz CT molecular complexity index is 524. The van der Waals surface area contributed by atoms with E-state index in [9.17, 15) is 9.18 Å². The number of ether oxygens (including phenoxy) is 1. The van der Waals surface area contributed by atoms with Crippen LogP contribution in [0.1, 0.15) is 10.4 Å². The molecule has 0 aliphatic carbocycles. The van der Waals surface area contributed by atoms with Crippen LogP contribution in [-0.2, 0) is 0 Å². The van der Waals surface area contributed by atoms with E-state index in [1.54, 1.807) is 0 Å². The molecule has 2 aromatic rings. The molecule has 0 fully saturated rings. The van der Waals surface area contributed by atoms with Gasteiger partial charge >= 0.3 is 5.97 Å². The van der Waals surface area contributed by atoms with Crippen molar-refractivity contribution in [3.63, 3.8) is 0 Å². The smallest absolute Gasteiger partial charge is 0.350 e. The van der Waals surface area contributed by atoms with Crippen LogP contribution >= 0.6 is 0 Å². The number of nitrogens with two attached hydrogens (primary N) is 1. The molecule has 1 aromatic carbocycles. The van der Waals surface area contributed by atoms with Crippen LogP contribution < -0.4 is 10.5 Å². The first-order valence-corrected chi connectivity index (χ1v) is 4.34. The Kier molecular flexibility index (Phi) is 2.55. The lowest BCUT2D eigenvalue weighted by molar-refractivity contribution is 0.0735. The third kappa shape index (κ3) is 2.00. The molecule has 0 saturated heterocycles. The molecule has 0 bridgehead atoms. The predicted octanol–water partition coefficient (Wildman–Crippen LogP) is 1.62. The number of nitrogen functional groups attached to an aromatic ring is 1. The zero-order valence-electron chi connectivity index (χ0n) is 8.01. The van der Waals surface area contributed by atoms with Gasteiger partial charge in [0, 0.05) is 6.07 Å². The maximum absolute atomic E-state index is 12.8. The monoisotopic (exact) mass is 222 g/mol. The third-order valence-corrected chi connectivity index (χ3v) is 1.82. The number of aromatic nitrogens is 1. The normalized spacial score (nSPS) is 10.1. The van der Waals surface area contributed by atoms with Gasteiger partial charge < -0.3 is 15.0 Å². The highest BCUT2D eigenvalue weighted by molar-refractivity contribution is 5.94. The van der Waals surface area contributed by atoms with Crippen molar-refractivity contribution in [2.45, 2.75) is 0 Å². The number of anilines is 1. The number of hydrogen-bond donors (Lipinski definition) is 1. The molecule has 0 amide bonds. The standard InChI is InChI=1S/C10H7FN2O3/c11-6-2-1-3-7(4-6)15-10(14)8-5-13-16-9(8)12/h1-5H,12H2. The highest BCUT2D eigenvalue weighted by atomic mass is 19.1. The molecule has 0 radical (unpaired) electrons. The largest absolute Gasteiger partial charge is 0.423 e. The lowest BCUT2D eigenvalue weighted by atomic mass is 10.3. The van der Waals surface area contributed by atoms with Gasteiger partial charge in [0.15, 0.2) is 0 Å². The maximum Gasteiger partial charge on any atom is 0.350 e. The first kappa shape index (κ1) is 10.2. The molecule has 1 aromatic heterocycles. The SMILES string of the molecule is Nc1oncc1C(=O)Oc1cccc(F)c1. The van der Waals surface area contributed by atoms with Crippen LogP contribution in [-0.4, -0.2) is 11.1 Å². The van der Waals surface area contributed by atoms with Crippen LogP contribution in [0.4, 0.5) is 10.3 Å². The van der Waals surface area contributed by atoms with Gasteiger partial charge in [0.1, 0.15) is 17.1 Å². The van der Waals surface area contributed by atoms with Gasteiger partial charge in [-0.1, -0.05) is 11.2 Å². The number of benzene rings is 1. The van der Waals surface area contributed by atoms with Gasteiger partial charge in [-0.3, -0.25) is 0 Å². The number of hydrogen-bond acceptors (Lipinski definition) is 5. The second-order valence-corrected chi connectivity index (χ2v) is 2.95. The fourth-order valence-corrected chi connectivity index (χ4v) is 1.09. The molecule has 0 aliphatic heterocycles. The maximum atomic E-state index is 12.8. The molecule has 2 rings (SSSR count). The van der Waals surface area contributed by atoms with Crippen molar-refractivity contribution < 1.29 is 18.4 Å². The summed E-state index contributed by atoms with van der Waals surface area (Å²) in [5.41, 5.74) is 5.32. The van der Waals surface area contributed by atoms with Crippen molar-refractivity contribution in [2.24, 2.45) is 0 Å². The van der Waals surface area contributed by atoms with Gasteiger partial charge in [0.25, 0.3) is 0 Å². The minimum absolute atomic E-state index is 0.00395. The topological polar surface area (TPSA) is 78.4 Å². The molecule has 16 heavy (non-hydrogen) atoms. The summed E-state index contributed by atoms with van der Waals surface area (Å²) in [4.78, 5) is 11.5. The number of carbonyl (C=O) groups excluding carboxylic acids is 1. The fourth-order valence-electron chi connectivity index (χ4n) is 1.09. The second kappa shape index (κ2) is 4.01. The minimum Gasteiger partial charge on any atom is -0.423 e. The molecule has 2 N–H and O–H groups in total. The Morgan fingerprint density at radius 1 is 1.50 bits per heavy atom. The van der Waals surface area contributed by atoms with Crippen molar-refractivity contribution in [2.75, 3.05) is 5.73 Å². The van der Waals surface area contributed by atoms with Gasteiger partial charge in [0.2, 0.25) is 5.88 Å². The molecular formula is C10H7FN2O3. The molecule has 1 heterocycles. The van der Waals surface area contributed by atoms with E-state index >= 15 is 0 Å². The van der Waals surface area contributed by atoms with Gasteiger partial charge in [-0.2, -0.15) is 0 Å². The summed E-state index contributed by atoms with van der Waals surface area (Å²) in [5.74, 6) is -1.29. The van der Waals surface area contributed by atoms with E-state index in [2.05, 4.69) is 9.68 Å². The van der Waals surface area contributed by atoms with Gasteiger partial charge in [-0.15, -0.1) is 0 Å². The summed E-state index contributed by atoms with van der Waals surface area (Å²) < 4.78 is 22.2. The highest BCUT2D eigenvalue weighted by Gasteiger charge is 2.16.